The van der Waals surface area contributed by atoms with Gasteiger partial charge in [-0.05, 0) is 61.6 Å². The fraction of sp³-hybridized carbons (Fsp3) is 0.269. The maximum atomic E-state index is 13.6. The molecule has 5 rings (SSSR count). The molecular formula is C26H25FO5. The van der Waals surface area contributed by atoms with Crippen LogP contribution in [-0.4, -0.2) is 22.8 Å². The lowest BCUT2D eigenvalue weighted by molar-refractivity contribution is -0.137. The minimum absolute atomic E-state index is 0.0672. The molecule has 0 saturated carbocycles. The maximum absolute atomic E-state index is 13.6. The second-order valence-corrected chi connectivity index (χ2v) is 8.05. The van der Waals surface area contributed by atoms with E-state index in [1.165, 1.54) is 12.1 Å². The molecule has 1 aliphatic heterocycles. The predicted octanol–water partition coefficient (Wildman–Crippen LogP) is 5.76. The van der Waals surface area contributed by atoms with Crippen LogP contribution in [0.2, 0.25) is 0 Å². The number of fused-ring (bicyclic) bond motifs is 2. The van der Waals surface area contributed by atoms with Crippen LogP contribution in [0.25, 0.3) is 0 Å². The number of para-hydroxylation sites is 1. The van der Waals surface area contributed by atoms with Gasteiger partial charge in [0.25, 0.3) is 0 Å². The summed E-state index contributed by atoms with van der Waals surface area (Å²) in [5.41, 5.74) is 3.83. The van der Waals surface area contributed by atoms with E-state index in [1.54, 1.807) is 18.2 Å². The molecule has 0 fully saturated rings. The van der Waals surface area contributed by atoms with Crippen molar-refractivity contribution >= 4 is 5.97 Å². The zero-order chi connectivity index (χ0) is 22.7. The molecule has 0 aromatic heterocycles. The Morgan fingerprint density at radius 2 is 1.88 bits per heavy atom. The van der Waals surface area contributed by atoms with E-state index in [1.807, 2.05) is 31.2 Å². The van der Waals surface area contributed by atoms with E-state index < -0.39 is 5.97 Å². The van der Waals surface area contributed by atoms with E-state index in [-0.39, 0.29) is 23.9 Å². The van der Waals surface area contributed by atoms with E-state index in [9.17, 15) is 9.18 Å². The molecule has 0 spiro atoms. The van der Waals surface area contributed by atoms with E-state index >= 15 is 0 Å². The number of halogens is 1. The summed E-state index contributed by atoms with van der Waals surface area (Å²) in [5, 5.41) is 17.8. The number of rotatable bonds is 4. The molecule has 2 N–H and O–H groups in total. The molecule has 166 valence electrons. The van der Waals surface area contributed by atoms with Gasteiger partial charge in [-0.2, -0.15) is 0 Å². The lowest BCUT2D eigenvalue weighted by atomic mass is 9.98. The highest BCUT2D eigenvalue weighted by Crippen LogP contribution is 2.38. The standard InChI is InChI=1S/C16H15FO.C10H10O4/c1-11-5-2-3-8-15(11)18-16-10-9-14(17)12-6-4-7-13(12)16;11-7-1-2-8-6(3-10(12)13)5-14-9(8)4-7/h2-3,5,8-10H,4,6-7H2,1H3;1-2,4,6,11H,3,5H2,(H,12,13). The molecule has 2 aliphatic rings. The summed E-state index contributed by atoms with van der Waals surface area (Å²) in [6.45, 7) is 2.39. The van der Waals surface area contributed by atoms with Crippen molar-refractivity contribution in [2.75, 3.05) is 6.61 Å². The van der Waals surface area contributed by atoms with Gasteiger partial charge in [0.1, 0.15) is 28.8 Å². The monoisotopic (exact) mass is 436 g/mol. The van der Waals surface area contributed by atoms with Crippen molar-refractivity contribution in [2.24, 2.45) is 0 Å². The Morgan fingerprint density at radius 3 is 2.66 bits per heavy atom. The van der Waals surface area contributed by atoms with Crippen LogP contribution in [0.15, 0.2) is 54.6 Å². The molecule has 1 unspecified atom stereocenters. The molecule has 0 radical (unpaired) electrons. The highest BCUT2D eigenvalue weighted by atomic mass is 19.1. The van der Waals surface area contributed by atoms with Gasteiger partial charge in [-0.15, -0.1) is 0 Å². The molecule has 6 heteroatoms. The van der Waals surface area contributed by atoms with Crippen LogP contribution in [-0.2, 0) is 17.6 Å². The summed E-state index contributed by atoms with van der Waals surface area (Å²) in [5.74, 6) is 1.36. The van der Waals surface area contributed by atoms with Crippen LogP contribution in [0.1, 0.15) is 41.0 Å². The third-order valence-electron chi connectivity index (χ3n) is 5.80. The topological polar surface area (TPSA) is 76.0 Å². The molecule has 1 aliphatic carbocycles. The molecule has 5 nitrogen and oxygen atoms in total. The Balaban J connectivity index is 0.000000158. The lowest BCUT2D eigenvalue weighted by Gasteiger charge is -2.12. The van der Waals surface area contributed by atoms with Crippen molar-refractivity contribution in [1.29, 1.82) is 0 Å². The predicted molar refractivity (Wildman–Crippen MR) is 118 cm³/mol. The second kappa shape index (κ2) is 9.30. The van der Waals surface area contributed by atoms with Gasteiger partial charge in [0.15, 0.2) is 0 Å². The number of aryl methyl sites for hydroxylation is 1. The number of benzene rings is 3. The van der Waals surface area contributed by atoms with Gasteiger partial charge in [-0.3, -0.25) is 4.79 Å². The average Bonchev–Trinajstić information content (AvgIpc) is 3.40. The largest absolute Gasteiger partial charge is 0.508 e. The van der Waals surface area contributed by atoms with Crippen molar-refractivity contribution in [1.82, 2.24) is 0 Å². The number of phenols is 1. The zero-order valence-corrected chi connectivity index (χ0v) is 17.8. The van der Waals surface area contributed by atoms with Gasteiger partial charge in [0.05, 0.1) is 13.0 Å². The summed E-state index contributed by atoms with van der Waals surface area (Å²) in [6, 6.07) is 15.9. The van der Waals surface area contributed by atoms with Crippen LogP contribution < -0.4 is 9.47 Å². The molecule has 0 saturated heterocycles. The minimum Gasteiger partial charge on any atom is -0.508 e. The van der Waals surface area contributed by atoms with E-state index in [2.05, 4.69) is 0 Å². The summed E-state index contributed by atoms with van der Waals surface area (Å²) >= 11 is 0. The third-order valence-corrected chi connectivity index (χ3v) is 5.80. The highest BCUT2D eigenvalue weighted by Gasteiger charge is 2.26. The van der Waals surface area contributed by atoms with Gasteiger partial charge >= 0.3 is 5.97 Å². The fourth-order valence-corrected chi connectivity index (χ4v) is 4.16. The quantitative estimate of drug-likeness (QED) is 0.544. The lowest BCUT2D eigenvalue weighted by Crippen LogP contribution is -2.07. The molecule has 1 heterocycles. The number of hydrogen-bond donors (Lipinski definition) is 2. The summed E-state index contributed by atoms with van der Waals surface area (Å²) < 4.78 is 24.8. The first-order valence-electron chi connectivity index (χ1n) is 10.6. The Kier molecular flexibility index (Phi) is 6.30. The number of carboxylic acids is 1. The normalized spacial score (nSPS) is 15.8. The number of hydrogen-bond acceptors (Lipinski definition) is 4. The Bertz CT molecular complexity index is 1140. The first kappa shape index (κ1) is 21.7. The number of ether oxygens (including phenoxy) is 2. The maximum Gasteiger partial charge on any atom is 0.304 e. The van der Waals surface area contributed by atoms with Crippen molar-refractivity contribution < 1.29 is 28.9 Å². The van der Waals surface area contributed by atoms with E-state index in [4.69, 9.17) is 19.7 Å². The number of aliphatic carboxylic acids is 1. The Hall–Kier alpha value is -3.54. The van der Waals surface area contributed by atoms with Gasteiger partial charge < -0.3 is 19.7 Å². The SMILES string of the molecule is Cc1ccccc1Oc1ccc(F)c2c1CCC2.O=C(O)CC1COc2cc(O)ccc21. The zero-order valence-electron chi connectivity index (χ0n) is 17.8. The van der Waals surface area contributed by atoms with Crippen molar-refractivity contribution in [3.8, 4) is 23.0 Å². The van der Waals surface area contributed by atoms with E-state index in [0.717, 1.165) is 53.0 Å². The molecule has 0 amide bonds. The van der Waals surface area contributed by atoms with Gasteiger partial charge in [-0.25, -0.2) is 4.39 Å². The molecule has 32 heavy (non-hydrogen) atoms. The highest BCUT2D eigenvalue weighted by molar-refractivity contribution is 5.68. The number of carboxylic acid groups (broad SMARTS) is 1. The van der Waals surface area contributed by atoms with Crippen LogP contribution in [0.5, 0.6) is 23.0 Å². The first-order valence-corrected chi connectivity index (χ1v) is 10.6. The van der Waals surface area contributed by atoms with Crippen molar-refractivity contribution in [2.45, 2.75) is 38.5 Å². The first-order chi connectivity index (χ1) is 15.4. The minimum atomic E-state index is -0.834. The van der Waals surface area contributed by atoms with Crippen LogP contribution in [0.4, 0.5) is 4.39 Å². The molecule has 3 aromatic rings. The van der Waals surface area contributed by atoms with Crippen LogP contribution >= 0.6 is 0 Å². The Labute approximate surface area is 186 Å². The van der Waals surface area contributed by atoms with Gasteiger partial charge in [0.2, 0.25) is 0 Å². The van der Waals surface area contributed by atoms with Crippen molar-refractivity contribution in [3.63, 3.8) is 0 Å². The summed E-state index contributed by atoms with van der Waals surface area (Å²) in [4.78, 5) is 10.5. The number of phenolic OH excluding ortho intramolecular Hbond substituents is 1. The molecular weight excluding hydrogens is 411 g/mol. The van der Waals surface area contributed by atoms with Gasteiger partial charge in [-0.1, -0.05) is 24.3 Å². The Morgan fingerprint density at radius 1 is 1.09 bits per heavy atom. The van der Waals surface area contributed by atoms with Gasteiger partial charge in [0, 0.05) is 23.1 Å². The third kappa shape index (κ3) is 4.69. The number of carbonyl (C=O) groups is 1. The van der Waals surface area contributed by atoms with Crippen molar-refractivity contribution in [3.05, 3.63) is 82.7 Å². The van der Waals surface area contributed by atoms with Crippen LogP contribution in [0, 0.1) is 12.7 Å². The molecule has 1 atom stereocenters. The average molecular weight is 436 g/mol. The van der Waals surface area contributed by atoms with Crippen LogP contribution in [0.3, 0.4) is 0 Å². The van der Waals surface area contributed by atoms with E-state index in [0.29, 0.717) is 12.4 Å². The number of aromatic hydroxyl groups is 1. The summed E-state index contributed by atoms with van der Waals surface area (Å²) in [6.07, 6.45) is 2.82. The smallest absolute Gasteiger partial charge is 0.304 e. The summed E-state index contributed by atoms with van der Waals surface area (Å²) in [7, 11) is 0. The molecule has 3 aromatic carbocycles. The molecule has 0 bridgehead atoms. The second-order valence-electron chi connectivity index (χ2n) is 8.05. The fourth-order valence-electron chi connectivity index (χ4n) is 4.16.